The molecule has 19 heavy (non-hydrogen) atoms. The molecule has 2 aromatic rings. The molecule has 0 N–H and O–H groups in total. The Morgan fingerprint density at radius 2 is 2.37 bits per heavy atom. The second kappa shape index (κ2) is 4.97. The highest BCUT2D eigenvalue weighted by Crippen LogP contribution is 2.26. The van der Waals surface area contributed by atoms with Crippen LogP contribution < -0.4 is 0 Å². The first-order chi connectivity index (χ1) is 9.29. The van der Waals surface area contributed by atoms with Gasteiger partial charge in [-0.05, 0) is 31.4 Å². The number of hydrogen-bond donors (Lipinski definition) is 0. The van der Waals surface area contributed by atoms with E-state index in [9.17, 15) is 4.79 Å². The van der Waals surface area contributed by atoms with Crippen molar-refractivity contribution in [3.05, 3.63) is 29.7 Å². The summed E-state index contributed by atoms with van der Waals surface area (Å²) in [6.07, 6.45) is 4.97. The van der Waals surface area contributed by atoms with E-state index in [4.69, 9.17) is 4.74 Å². The highest BCUT2D eigenvalue weighted by atomic mass is 16.5. The molecule has 0 bridgehead atoms. The van der Waals surface area contributed by atoms with E-state index in [1.54, 1.807) is 18.3 Å². The van der Waals surface area contributed by atoms with Crippen molar-refractivity contribution < 1.29 is 14.3 Å². The fourth-order valence-corrected chi connectivity index (χ4v) is 2.32. The van der Waals surface area contributed by atoms with Crippen LogP contribution in [0.2, 0.25) is 0 Å². The van der Waals surface area contributed by atoms with Gasteiger partial charge in [0.15, 0.2) is 11.5 Å². The first-order valence-electron chi connectivity index (χ1n) is 6.34. The standard InChI is InChI=1S/C13H15N3O3/c1-18-13(17)9-5-6-16-11(8-9)14-15-12(16)10-4-2-3-7-19-10/h5-6,8,10H,2-4,7H2,1H3. The fourth-order valence-electron chi connectivity index (χ4n) is 2.32. The number of aromatic nitrogens is 3. The van der Waals surface area contributed by atoms with E-state index in [2.05, 4.69) is 14.9 Å². The summed E-state index contributed by atoms with van der Waals surface area (Å²) in [6, 6.07) is 3.37. The quantitative estimate of drug-likeness (QED) is 0.771. The van der Waals surface area contributed by atoms with Gasteiger partial charge < -0.3 is 9.47 Å². The second-order valence-corrected chi connectivity index (χ2v) is 4.55. The number of esters is 1. The van der Waals surface area contributed by atoms with Crippen LogP contribution in [0.4, 0.5) is 0 Å². The van der Waals surface area contributed by atoms with Crippen molar-refractivity contribution in [1.82, 2.24) is 14.6 Å². The Balaban J connectivity index is 1.97. The van der Waals surface area contributed by atoms with Gasteiger partial charge in [0.1, 0.15) is 6.10 Å². The summed E-state index contributed by atoms with van der Waals surface area (Å²) in [6.45, 7) is 0.764. The predicted octanol–water partition coefficient (Wildman–Crippen LogP) is 1.76. The highest BCUT2D eigenvalue weighted by Gasteiger charge is 2.21. The molecule has 0 saturated carbocycles. The number of nitrogens with zero attached hydrogens (tertiary/aromatic N) is 3. The van der Waals surface area contributed by atoms with Crippen molar-refractivity contribution in [2.24, 2.45) is 0 Å². The summed E-state index contributed by atoms with van der Waals surface area (Å²) >= 11 is 0. The molecule has 1 fully saturated rings. The number of rotatable bonds is 2. The van der Waals surface area contributed by atoms with Gasteiger partial charge in [-0.1, -0.05) is 0 Å². The molecule has 2 aromatic heterocycles. The van der Waals surface area contributed by atoms with E-state index in [1.165, 1.54) is 7.11 Å². The second-order valence-electron chi connectivity index (χ2n) is 4.55. The van der Waals surface area contributed by atoms with Crippen molar-refractivity contribution in [2.45, 2.75) is 25.4 Å². The minimum Gasteiger partial charge on any atom is -0.465 e. The van der Waals surface area contributed by atoms with Crippen LogP contribution in [0.5, 0.6) is 0 Å². The van der Waals surface area contributed by atoms with Gasteiger partial charge in [0.05, 0.1) is 12.7 Å². The summed E-state index contributed by atoms with van der Waals surface area (Å²) in [5.74, 6) is 0.423. The molecule has 1 aliphatic heterocycles. The molecule has 0 aliphatic carbocycles. The smallest absolute Gasteiger partial charge is 0.338 e. The zero-order valence-corrected chi connectivity index (χ0v) is 10.7. The molecule has 0 aromatic carbocycles. The van der Waals surface area contributed by atoms with E-state index >= 15 is 0 Å². The molecule has 1 atom stereocenters. The number of pyridine rings is 1. The molecule has 0 radical (unpaired) electrons. The van der Waals surface area contributed by atoms with Gasteiger partial charge in [-0.3, -0.25) is 4.40 Å². The normalized spacial score (nSPS) is 19.5. The van der Waals surface area contributed by atoms with E-state index < -0.39 is 0 Å². The summed E-state index contributed by atoms with van der Waals surface area (Å²) in [4.78, 5) is 11.5. The van der Waals surface area contributed by atoms with Crippen LogP contribution in [0.3, 0.4) is 0 Å². The number of ether oxygens (including phenoxy) is 2. The number of carbonyl (C=O) groups excluding carboxylic acids is 1. The summed E-state index contributed by atoms with van der Waals surface area (Å²) in [7, 11) is 1.36. The zero-order chi connectivity index (χ0) is 13.2. The van der Waals surface area contributed by atoms with Gasteiger partial charge in [0.2, 0.25) is 0 Å². The average Bonchev–Trinajstić information content (AvgIpc) is 2.90. The Bertz CT molecular complexity index is 602. The van der Waals surface area contributed by atoms with Gasteiger partial charge in [-0.2, -0.15) is 0 Å². The topological polar surface area (TPSA) is 65.7 Å². The van der Waals surface area contributed by atoms with Crippen molar-refractivity contribution in [3.8, 4) is 0 Å². The Labute approximate surface area is 110 Å². The third-order valence-electron chi connectivity index (χ3n) is 3.33. The van der Waals surface area contributed by atoms with Crippen LogP contribution in [-0.4, -0.2) is 34.3 Å². The molecule has 1 unspecified atom stereocenters. The molecule has 6 heteroatoms. The third-order valence-corrected chi connectivity index (χ3v) is 3.33. The lowest BCUT2D eigenvalue weighted by Gasteiger charge is -2.20. The van der Waals surface area contributed by atoms with Crippen LogP contribution in [0.25, 0.3) is 5.65 Å². The number of hydrogen-bond acceptors (Lipinski definition) is 5. The maximum atomic E-state index is 11.5. The zero-order valence-electron chi connectivity index (χ0n) is 10.7. The largest absolute Gasteiger partial charge is 0.465 e. The van der Waals surface area contributed by atoms with Crippen molar-refractivity contribution in [1.29, 1.82) is 0 Å². The summed E-state index contributed by atoms with van der Waals surface area (Å²) in [5, 5.41) is 8.28. The molecule has 1 saturated heterocycles. The Kier molecular flexibility index (Phi) is 3.16. The van der Waals surface area contributed by atoms with Crippen LogP contribution in [-0.2, 0) is 9.47 Å². The first-order valence-corrected chi connectivity index (χ1v) is 6.34. The highest BCUT2D eigenvalue weighted by molar-refractivity contribution is 5.90. The number of fused-ring (bicyclic) bond motifs is 1. The summed E-state index contributed by atoms with van der Waals surface area (Å²) < 4.78 is 12.3. The van der Waals surface area contributed by atoms with Gasteiger partial charge in [0.25, 0.3) is 0 Å². The fraction of sp³-hybridized carbons (Fsp3) is 0.462. The van der Waals surface area contributed by atoms with E-state index in [1.807, 2.05) is 4.40 Å². The lowest BCUT2D eigenvalue weighted by Crippen LogP contribution is -2.14. The minimum atomic E-state index is -0.374. The first kappa shape index (κ1) is 12.1. The third kappa shape index (κ3) is 2.19. The molecule has 3 heterocycles. The molecule has 3 rings (SSSR count). The molecule has 1 aliphatic rings. The predicted molar refractivity (Wildman–Crippen MR) is 66.9 cm³/mol. The lowest BCUT2D eigenvalue weighted by molar-refractivity contribution is 0.00885. The monoisotopic (exact) mass is 261 g/mol. The Morgan fingerprint density at radius 3 is 3.11 bits per heavy atom. The maximum absolute atomic E-state index is 11.5. The van der Waals surface area contributed by atoms with Gasteiger partial charge in [0, 0.05) is 12.8 Å². The minimum absolute atomic E-state index is 0.00673. The van der Waals surface area contributed by atoms with Gasteiger partial charge in [-0.15, -0.1) is 10.2 Å². The Hall–Kier alpha value is -1.95. The van der Waals surface area contributed by atoms with Gasteiger partial charge in [-0.25, -0.2) is 4.79 Å². The SMILES string of the molecule is COC(=O)c1ccn2c(C3CCCCO3)nnc2c1. The van der Waals surface area contributed by atoms with Crippen molar-refractivity contribution in [2.75, 3.05) is 13.7 Å². The molecular formula is C13H15N3O3. The Morgan fingerprint density at radius 1 is 1.47 bits per heavy atom. The van der Waals surface area contributed by atoms with E-state index in [0.717, 1.165) is 31.7 Å². The van der Waals surface area contributed by atoms with Crippen molar-refractivity contribution in [3.63, 3.8) is 0 Å². The number of carbonyl (C=O) groups is 1. The van der Waals surface area contributed by atoms with Crippen LogP contribution >= 0.6 is 0 Å². The van der Waals surface area contributed by atoms with E-state index in [0.29, 0.717) is 11.2 Å². The van der Waals surface area contributed by atoms with E-state index in [-0.39, 0.29) is 12.1 Å². The number of methoxy groups -OCH3 is 1. The molecule has 0 spiro atoms. The molecule has 6 nitrogen and oxygen atoms in total. The van der Waals surface area contributed by atoms with Crippen LogP contribution in [0.15, 0.2) is 18.3 Å². The lowest BCUT2D eigenvalue weighted by atomic mass is 10.1. The molecule has 100 valence electrons. The van der Waals surface area contributed by atoms with Crippen LogP contribution in [0, 0.1) is 0 Å². The molecular weight excluding hydrogens is 246 g/mol. The maximum Gasteiger partial charge on any atom is 0.338 e. The molecule has 0 amide bonds. The average molecular weight is 261 g/mol. The van der Waals surface area contributed by atoms with Gasteiger partial charge >= 0.3 is 5.97 Å². The summed E-state index contributed by atoms with van der Waals surface area (Å²) in [5.41, 5.74) is 1.10. The van der Waals surface area contributed by atoms with Crippen LogP contribution in [0.1, 0.15) is 41.5 Å². The van der Waals surface area contributed by atoms with Crippen molar-refractivity contribution >= 4 is 11.6 Å².